The molecule has 0 spiro atoms. The van der Waals surface area contributed by atoms with E-state index in [2.05, 4.69) is 14.9 Å². The second kappa shape index (κ2) is 10.4. The monoisotopic (exact) mass is 457 g/mol. The van der Waals surface area contributed by atoms with E-state index in [1.54, 1.807) is 34.9 Å². The minimum atomic E-state index is -3.44. The van der Waals surface area contributed by atoms with Gasteiger partial charge < -0.3 is 9.80 Å². The molecule has 1 aromatic heterocycles. The smallest absolute Gasteiger partial charge is 0.243 e. The van der Waals surface area contributed by atoms with Gasteiger partial charge in [0, 0.05) is 58.1 Å². The number of amides is 1. The zero-order chi connectivity index (χ0) is 22.4. The normalized spacial score (nSPS) is 18.4. The number of carbonyl (C=O) groups is 1. The van der Waals surface area contributed by atoms with Crippen molar-refractivity contribution in [3.63, 3.8) is 0 Å². The number of hydrogen-bond acceptors (Lipinski definition) is 6. The summed E-state index contributed by atoms with van der Waals surface area (Å²) in [6.07, 6.45) is 8.50. The van der Waals surface area contributed by atoms with Crippen LogP contribution in [0.25, 0.3) is 0 Å². The molecule has 3 heterocycles. The lowest BCUT2D eigenvalue weighted by Gasteiger charge is -2.34. The third-order valence-electron chi connectivity index (χ3n) is 6.22. The van der Waals surface area contributed by atoms with E-state index in [1.165, 1.54) is 0 Å². The number of carbonyl (C=O) groups excluding carboxylic acids is 1. The molecule has 0 radical (unpaired) electrons. The Morgan fingerprint density at radius 2 is 1.47 bits per heavy atom. The van der Waals surface area contributed by atoms with E-state index in [4.69, 9.17) is 0 Å². The first-order chi connectivity index (χ1) is 15.5. The molecule has 8 nitrogen and oxygen atoms in total. The Kier molecular flexibility index (Phi) is 7.36. The molecule has 0 unspecified atom stereocenters. The highest BCUT2D eigenvalue weighted by Crippen LogP contribution is 2.21. The van der Waals surface area contributed by atoms with Crippen LogP contribution in [0.5, 0.6) is 0 Å². The van der Waals surface area contributed by atoms with E-state index in [1.807, 2.05) is 17.0 Å². The Labute approximate surface area is 190 Å². The summed E-state index contributed by atoms with van der Waals surface area (Å²) in [6, 6.07) is 8.82. The molecule has 0 aliphatic carbocycles. The Balaban J connectivity index is 1.27. The van der Waals surface area contributed by atoms with Gasteiger partial charge in [-0.05, 0) is 43.0 Å². The molecule has 0 N–H and O–H groups in total. The standard InChI is InChI=1S/C23H31N5O3S/c29-22(26-16-18-27(19-17-26)23-24-12-5-13-25-23)11-8-20-6-9-21(10-7-20)32(30,31)28-14-3-1-2-4-15-28/h5-7,9-10,12-13H,1-4,8,11,14-19H2. The number of benzene rings is 1. The van der Waals surface area contributed by atoms with E-state index in [0.717, 1.165) is 44.3 Å². The van der Waals surface area contributed by atoms with Crippen molar-refractivity contribution in [2.45, 2.75) is 43.4 Å². The van der Waals surface area contributed by atoms with Gasteiger partial charge in [-0.1, -0.05) is 25.0 Å². The summed E-state index contributed by atoms with van der Waals surface area (Å²) in [5, 5.41) is 0. The molecule has 0 saturated carbocycles. The van der Waals surface area contributed by atoms with Crippen molar-refractivity contribution < 1.29 is 13.2 Å². The van der Waals surface area contributed by atoms with Gasteiger partial charge in [0.1, 0.15) is 0 Å². The predicted octanol–water partition coefficient (Wildman–Crippen LogP) is 2.32. The van der Waals surface area contributed by atoms with Crippen LogP contribution in [-0.4, -0.2) is 72.8 Å². The molecule has 1 aromatic carbocycles. The number of rotatable bonds is 6. The summed E-state index contributed by atoms with van der Waals surface area (Å²) in [6.45, 7) is 3.95. The molecular weight excluding hydrogens is 426 g/mol. The molecule has 32 heavy (non-hydrogen) atoms. The van der Waals surface area contributed by atoms with Crippen molar-refractivity contribution in [2.24, 2.45) is 0 Å². The molecule has 0 atom stereocenters. The number of sulfonamides is 1. The van der Waals surface area contributed by atoms with Crippen LogP contribution in [0.3, 0.4) is 0 Å². The Bertz CT molecular complexity index is 982. The van der Waals surface area contributed by atoms with E-state index < -0.39 is 10.0 Å². The van der Waals surface area contributed by atoms with Crippen LogP contribution in [0.4, 0.5) is 5.95 Å². The van der Waals surface area contributed by atoms with Crippen LogP contribution < -0.4 is 4.90 Å². The molecule has 1 amide bonds. The zero-order valence-electron chi connectivity index (χ0n) is 18.4. The molecule has 172 valence electrons. The molecule has 4 rings (SSSR count). The van der Waals surface area contributed by atoms with Gasteiger partial charge in [0.2, 0.25) is 21.9 Å². The van der Waals surface area contributed by atoms with Crippen molar-refractivity contribution in [3.05, 3.63) is 48.3 Å². The van der Waals surface area contributed by atoms with E-state index in [-0.39, 0.29) is 5.91 Å². The van der Waals surface area contributed by atoms with Gasteiger partial charge in [-0.3, -0.25) is 4.79 Å². The number of nitrogens with zero attached hydrogens (tertiary/aromatic N) is 5. The van der Waals surface area contributed by atoms with E-state index in [9.17, 15) is 13.2 Å². The fourth-order valence-electron chi connectivity index (χ4n) is 4.28. The highest BCUT2D eigenvalue weighted by atomic mass is 32.2. The van der Waals surface area contributed by atoms with E-state index >= 15 is 0 Å². The van der Waals surface area contributed by atoms with Crippen molar-refractivity contribution in [2.75, 3.05) is 44.2 Å². The lowest BCUT2D eigenvalue weighted by atomic mass is 10.1. The fraction of sp³-hybridized carbons (Fsp3) is 0.522. The van der Waals surface area contributed by atoms with Crippen LogP contribution in [-0.2, 0) is 21.2 Å². The summed E-state index contributed by atoms with van der Waals surface area (Å²) >= 11 is 0. The van der Waals surface area contributed by atoms with Crippen molar-refractivity contribution in [1.29, 1.82) is 0 Å². The molecule has 2 fully saturated rings. The highest BCUT2D eigenvalue weighted by Gasteiger charge is 2.25. The molecule has 2 aliphatic rings. The fourth-order valence-corrected chi connectivity index (χ4v) is 5.80. The maximum absolute atomic E-state index is 12.9. The Hall–Kier alpha value is -2.52. The summed E-state index contributed by atoms with van der Waals surface area (Å²) < 4.78 is 27.4. The third kappa shape index (κ3) is 5.45. The number of anilines is 1. The van der Waals surface area contributed by atoms with E-state index in [0.29, 0.717) is 49.9 Å². The highest BCUT2D eigenvalue weighted by molar-refractivity contribution is 7.89. The maximum atomic E-state index is 12.9. The summed E-state index contributed by atoms with van der Waals surface area (Å²) in [7, 11) is -3.44. The number of hydrogen-bond donors (Lipinski definition) is 0. The number of piperazine rings is 1. The second-order valence-corrected chi connectivity index (χ2v) is 10.3. The Morgan fingerprint density at radius 3 is 2.09 bits per heavy atom. The first kappa shape index (κ1) is 22.7. The Morgan fingerprint density at radius 1 is 0.844 bits per heavy atom. The van der Waals surface area contributed by atoms with Gasteiger partial charge in [0.15, 0.2) is 0 Å². The van der Waals surface area contributed by atoms with Gasteiger partial charge in [0.05, 0.1) is 4.90 Å². The van der Waals surface area contributed by atoms with Crippen LogP contribution >= 0.6 is 0 Å². The minimum absolute atomic E-state index is 0.125. The summed E-state index contributed by atoms with van der Waals surface area (Å²) in [5.41, 5.74) is 0.976. The second-order valence-electron chi connectivity index (χ2n) is 8.38. The molecular formula is C23H31N5O3S. The zero-order valence-corrected chi connectivity index (χ0v) is 19.2. The molecule has 9 heteroatoms. The molecule has 0 bridgehead atoms. The van der Waals surface area contributed by atoms with Gasteiger partial charge in [-0.15, -0.1) is 0 Å². The topological polar surface area (TPSA) is 86.7 Å². The van der Waals surface area contributed by atoms with Crippen LogP contribution in [0.2, 0.25) is 0 Å². The van der Waals surface area contributed by atoms with Crippen molar-refractivity contribution >= 4 is 21.9 Å². The lowest BCUT2D eigenvalue weighted by molar-refractivity contribution is -0.131. The van der Waals surface area contributed by atoms with Gasteiger partial charge in [-0.25, -0.2) is 18.4 Å². The largest absolute Gasteiger partial charge is 0.339 e. The minimum Gasteiger partial charge on any atom is -0.339 e. The summed E-state index contributed by atoms with van der Waals surface area (Å²) in [4.78, 5) is 25.5. The molecule has 2 aromatic rings. The average Bonchev–Trinajstić information content (AvgIpc) is 3.14. The summed E-state index contributed by atoms with van der Waals surface area (Å²) in [5.74, 6) is 0.828. The van der Waals surface area contributed by atoms with Crippen LogP contribution in [0.1, 0.15) is 37.7 Å². The van der Waals surface area contributed by atoms with Crippen molar-refractivity contribution in [1.82, 2.24) is 19.2 Å². The molecule has 2 aliphatic heterocycles. The van der Waals surface area contributed by atoms with Gasteiger partial charge >= 0.3 is 0 Å². The van der Waals surface area contributed by atoms with Crippen LogP contribution in [0.15, 0.2) is 47.6 Å². The van der Waals surface area contributed by atoms with Crippen molar-refractivity contribution in [3.8, 4) is 0 Å². The number of aromatic nitrogens is 2. The third-order valence-corrected chi connectivity index (χ3v) is 8.13. The van der Waals surface area contributed by atoms with Gasteiger partial charge in [0.25, 0.3) is 0 Å². The molecule has 2 saturated heterocycles. The van der Waals surface area contributed by atoms with Crippen LogP contribution in [0, 0.1) is 0 Å². The first-order valence-electron chi connectivity index (χ1n) is 11.4. The maximum Gasteiger partial charge on any atom is 0.243 e. The average molecular weight is 458 g/mol. The SMILES string of the molecule is O=C(CCc1ccc(S(=O)(=O)N2CCCCCC2)cc1)N1CCN(c2ncccn2)CC1. The first-order valence-corrected chi connectivity index (χ1v) is 12.9. The van der Waals surface area contributed by atoms with Gasteiger partial charge in [-0.2, -0.15) is 4.31 Å². The number of aryl methyl sites for hydroxylation is 1. The predicted molar refractivity (Wildman–Crippen MR) is 123 cm³/mol. The quantitative estimate of drug-likeness (QED) is 0.662. The lowest BCUT2D eigenvalue weighted by Crippen LogP contribution is -2.49.